The fraction of sp³-hybridized carbons (Fsp3) is 0.667. The number of likely N-dealkylation sites (tertiary alicyclic amines) is 1. The van der Waals surface area contributed by atoms with Crippen LogP contribution in [-0.2, 0) is 6.42 Å². The Hall–Kier alpha value is -0.860. The summed E-state index contributed by atoms with van der Waals surface area (Å²) in [4.78, 5) is 2.71. The number of hydrogen-bond acceptors (Lipinski definition) is 2. The van der Waals surface area contributed by atoms with E-state index >= 15 is 0 Å². The summed E-state index contributed by atoms with van der Waals surface area (Å²) in [6, 6.07) is 11.7. The average Bonchev–Trinajstić information content (AvgIpc) is 3.03. The van der Waals surface area contributed by atoms with Crippen molar-refractivity contribution in [3.63, 3.8) is 0 Å². The Morgan fingerprint density at radius 2 is 2.00 bits per heavy atom. The van der Waals surface area contributed by atoms with Gasteiger partial charge >= 0.3 is 0 Å². The predicted octanol–water partition coefficient (Wildman–Crippen LogP) is 3.08. The van der Waals surface area contributed by atoms with Crippen LogP contribution in [0.15, 0.2) is 30.3 Å². The Morgan fingerprint density at radius 3 is 2.80 bits per heavy atom. The molecule has 0 aromatic heterocycles. The third-order valence-corrected chi connectivity index (χ3v) is 4.99. The molecule has 2 heteroatoms. The summed E-state index contributed by atoms with van der Waals surface area (Å²) in [5, 5.41) is 3.70. The van der Waals surface area contributed by atoms with Gasteiger partial charge in [0.1, 0.15) is 0 Å². The van der Waals surface area contributed by atoms with E-state index in [0.717, 1.165) is 12.0 Å². The molecular formula is C18H28N2. The second-order valence-electron chi connectivity index (χ2n) is 6.49. The van der Waals surface area contributed by atoms with Crippen molar-refractivity contribution in [1.82, 2.24) is 10.2 Å². The van der Waals surface area contributed by atoms with Gasteiger partial charge < -0.3 is 10.2 Å². The van der Waals surface area contributed by atoms with Gasteiger partial charge in [0.2, 0.25) is 0 Å². The van der Waals surface area contributed by atoms with Gasteiger partial charge in [-0.05, 0) is 69.6 Å². The van der Waals surface area contributed by atoms with Crippen molar-refractivity contribution in [3.8, 4) is 0 Å². The summed E-state index contributed by atoms with van der Waals surface area (Å²) >= 11 is 0. The molecule has 0 spiro atoms. The molecule has 1 aromatic rings. The third kappa shape index (κ3) is 3.83. The Balaban J connectivity index is 1.41. The lowest BCUT2D eigenvalue weighted by Gasteiger charge is -2.35. The maximum atomic E-state index is 3.70. The molecule has 0 radical (unpaired) electrons. The first-order valence-corrected chi connectivity index (χ1v) is 8.41. The van der Waals surface area contributed by atoms with Crippen molar-refractivity contribution in [2.75, 3.05) is 26.2 Å². The van der Waals surface area contributed by atoms with Crippen LogP contribution in [0, 0.1) is 5.92 Å². The van der Waals surface area contributed by atoms with E-state index in [1.807, 2.05) is 0 Å². The van der Waals surface area contributed by atoms with Crippen LogP contribution in [0.25, 0.3) is 0 Å². The molecule has 0 amide bonds. The van der Waals surface area contributed by atoms with E-state index in [4.69, 9.17) is 0 Å². The SMILES string of the molecule is c1ccc(CCCN2CCCC(C3CCCN3)C2)cc1. The highest BCUT2D eigenvalue weighted by molar-refractivity contribution is 5.14. The smallest absolute Gasteiger partial charge is 0.0108 e. The molecule has 2 heterocycles. The number of nitrogens with one attached hydrogen (secondary N) is 1. The summed E-state index contributed by atoms with van der Waals surface area (Å²) in [5.74, 6) is 0.906. The van der Waals surface area contributed by atoms with Crippen molar-refractivity contribution < 1.29 is 0 Å². The van der Waals surface area contributed by atoms with Crippen LogP contribution in [0.3, 0.4) is 0 Å². The van der Waals surface area contributed by atoms with Crippen LogP contribution < -0.4 is 5.32 Å². The lowest BCUT2D eigenvalue weighted by atomic mass is 9.89. The van der Waals surface area contributed by atoms with Crippen LogP contribution in [0.5, 0.6) is 0 Å². The minimum Gasteiger partial charge on any atom is -0.314 e. The van der Waals surface area contributed by atoms with Crippen molar-refractivity contribution in [2.24, 2.45) is 5.92 Å². The lowest BCUT2D eigenvalue weighted by Crippen LogP contribution is -2.43. The van der Waals surface area contributed by atoms with E-state index in [-0.39, 0.29) is 0 Å². The largest absolute Gasteiger partial charge is 0.314 e. The molecule has 110 valence electrons. The molecule has 2 atom stereocenters. The zero-order valence-corrected chi connectivity index (χ0v) is 12.6. The highest BCUT2D eigenvalue weighted by Crippen LogP contribution is 2.24. The van der Waals surface area contributed by atoms with E-state index in [1.165, 1.54) is 70.3 Å². The van der Waals surface area contributed by atoms with E-state index in [0.29, 0.717) is 0 Å². The van der Waals surface area contributed by atoms with Gasteiger partial charge in [-0.3, -0.25) is 0 Å². The molecule has 2 unspecified atom stereocenters. The summed E-state index contributed by atoms with van der Waals surface area (Å²) in [5.41, 5.74) is 1.48. The van der Waals surface area contributed by atoms with Crippen LogP contribution >= 0.6 is 0 Å². The highest BCUT2D eigenvalue weighted by atomic mass is 15.1. The fourth-order valence-electron chi connectivity index (χ4n) is 3.89. The van der Waals surface area contributed by atoms with E-state index in [1.54, 1.807) is 0 Å². The molecule has 2 nitrogen and oxygen atoms in total. The average molecular weight is 272 g/mol. The van der Waals surface area contributed by atoms with Crippen LogP contribution in [0.2, 0.25) is 0 Å². The second kappa shape index (κ2) is 7.24. The number of hydrogen-bond donors (Lipinski definition) is 1. The molecule has 3 rings (SSSR count). The van der Waals surface area contributed by atoms with Gasteiger partial charge in [0.05, 0.1) is 0 Å². The maximum Gasteiger partial charge on any atom is 0.0108 e. The van der Waals surface area contributed by atoms with Gasteiger partial charge in [-0.25, -0.2) is 0 Å². The monoisotopic (exact) mass is 272 g/mol. The van der Waals surface area contributed by atoms with Crippen molar-refractivity contribution >= 4 is 0 Å². The van der Waals surface area contributed by atoms with Crippen molar-refractivity contribution in [2.45, 2.75) is 44.6 Å². The summed E-state index contributed by atoms with van der Waals surface area (Å²) in [6.07, 6.45) is 8.15. The molecule has 0 aliphatic carbocycles. The lowest BCUT2D eigenvalue weighted by molar-refractivity contribution is 0.150. The van der Waals surface area contributed by atoms with Gasteiger partial charge in [0.15, 0.2) is 0 Å². The van der Waals surface area contributed by atoms with Crippen LogP contribution in [0.4, 0.5) is 0 Å². The highest BCUT2D eigenvalue weighted by Gasteiger charge is 2.28. The van der Waals surface area contributed by atoms with E-state index in [9.17, 15) is 0 Å². The standard InChI is InChI=1S/C18H28N2/c1-2-7-16(8-3-1)9-5-13-20-14-6-10-17(15-20)18-11-4-12-19-18/h1-3,7-8,17-19H,4-6,9-15H2. The molecule has 1 N–H and O–H groups in total. The Labute approximate surface area is 123 Å². The van der Waals surface area contributed by atoms with Crippen molar-refractivity contribution in [1.29, 1.82) is 0 Å². The van der Waals surface area contributed by atoms with E-state index in [2.05, 4.69) is 40.5 Å². The normalized spacial score (nSPS) is 27.8. The van der Waals surface area contributed by atoms with Gasteiger partial charge in [-0.1, -0.05) is 30.3 Å². The first-order chi connectivity index (χ1) is 9.92. The molecule has 20 heavy (non-hydrogen) atoms. The van der Waals surface area contributed by atoms with Crippen LogP contribution in [-0.4, -0.2) is 37.1 Å². The molecule has 2 fully saturated rings. The fourth-order valence-corrected chi connectivity index (χ4v) is 3.89. The zero-order valence-electron chi connectivity index (χ0n) is 12.6. The quantitative estimate of drug-likeness (QED) is 0.886. The summed E-state index contributed by atoms with van der Waals surface area (Å²) in [7, 11) is 0. The Kier molecular flexibility index (Phi) is 5.10. The predicted molar refractivity (Wildman–Crippen MR) is 85.0 cm³/mol. The van der Waals surface area contributed by atoms with Crippen molar-refractivity contribution in [3.05, 3.63) is 35.9 Å². The number of rotatable bonds is 5. The molecule has 2 aliphatic heterocycles. The Morgan fingerprint density at radius 1 is 1.10 bits per heavy atom. The molecule has 2 saturated heterocycles. The van der Waals surface area contributed by atoms with Gasteiger partial charge in [0.25, 0.3) is 0 Å². The molecule has 0 bridgehead atoms. The molecule has 0 saturated carbocycles. The van der Waals surface area contributed by atoms with E-state index < -0.39 is 0 Å². The maximum absolute atomic E-state index is 3.70. The summed E-state index contributed by atoms with van der Waals surface area (Å²) < 4.78 is 0. The molecule has 2 aliphatic rings. The topological polar surface area (TPSA) is 15.3 Å². The molecular weight excluding hydrogens is 244 g/mol. The molecule has 1 aromatic carbocycles. The van der Waals surface area contributed by atoms with Gasteiger partial charge in [-0.15, -0.1) is 0 Å². The zero-order chi connectivity index (χ0) is 13.6. The van der Waals surface area contributed by atoms with Gasteiger partial charge in [-0.2, -0.15) is 0 Å². The number of aryl methyl sites for hydroxylation is 1. The van der Waals surface area contributed by atoms with Gasteiger partial charge in [0, 0.05) is 12.6 Å². The minimum atomic E-state index is 0.812. The first-order valence-electron chi connectivity index (χ1n) is 8.41. The summed E-state index contributed by atoms with van der Waals surface area (Å²) in [6.45, 7) is 5.16. The number of benzene rings is 1. The number of piperidine rings is 1. The second-order valence-corrected chi connectivity index (χ2v) is 6.49. The third-order valence-electron chi connectivity index (χ3n) is 4.99. The minimum absolute atomic E-state index is 0.812. The Bertz CT molecular complexity index is 384. The first kappa shape index (κ1) is 14.1. The van der Waals surface area contributed by atoms with Crippen LogP contribution in [0.1, 0.15) is 37.7 Å². The number of nitrogens with zero attached hydrogens (tertiary/aromatic N) is 1.